The van der Waals surface area contributed by atoms with Crippen LogP contribution in [0.1, 0.15) is 92.1 Å². The van der Waals surface area contributed by atoms with Gasteiger partial charge in [0.05, 0.1) is 33.6 Å². The van der Waals surface area contributed by atoms with Gasteiger partial charge in [-0.25, -0.2) is 19.4 Å². The number of rotatable bonds is 15. The van der Waals surface area contributed by atoms with E-state index in [1.807, 2.05) is 48.5 Å². The number of unbranched alkanes of at least 4 members (excludes halogenated alkanes) is 2. The summed E-state index contributed by atoms with van der Waals surface area (Å²) in [5.74, 6) is -1.66. The van der Waals surface area contributed by atoms with Crippen molar-refractivity contribution in [2.45, 2.75) is 63.5 Å². The van der Waals surface area contributed by atoms with Crippen molar-refractivity contribution < 1.29 is 38.4 Å². The molecule has 2 saturated heterocycles. The summed E-state index contributed by atoms with van der Waals surface area (Å²) >= 11 is 34.5. The molecule has 10 rings (SSSR count). The molecule has 0 saturated carbocycles. The molecule has 10 amide bonds. The van der Waals surface area contributed by atoms with Crippen LogP contribution in [0.4, 0.5) is 21.0 Å². The lowest BCUT2D eigenvalue weighted by Gasteiger charge is -2.32. The fourth-order valence-corrected chi connectivity index (χ4v) is 11.6. The van der Waals surface area contributed by atoms with Crippen molar-refractivity contribution in [2.75, 3.05) is 34.8 Å². The van der Waals surface area contributed by atoms with E-state index in [9.17, 15) is 38.4 Å². The molecule has 0 aliphatic carbocycles. The molecule has 1 N–H and O–H groups in total. The summed E-state index contributed by atoms with van der Waals surface area (Å²) in [5, 5.41) is 5.01. The number of imide groups is 4. The Morgan fingerprint density at radius 3 is 1.27 bits per heavy atom. The second-order valence-electron chi connectivity index (χ2n) is 19.3. The molecule has 79 heavy (non-hydrogen) atoms. The highest BCUT2D eigenvalue weighted by Gasteiger charge is 2.55. The standard InChI is InChI=1S/C29H24BrCl2N3O4.C17H13BrCl2N2O2.C12H12BrNO2/c1-29(17-18-8-10-19(30)11-9-18)27(38)35(22-15-20(31)14-21(32)16-22)28(39)34(29)13-5-4-12-33-25(36)23-6-2-3-7-24(23)26(33)37;1-17(9-10-2-4-11(18)5-3-10)15(23)22(16(24)21-17)14-7-12(19)6-13(20)8-14;13-7-3-4-8-14-11(15)9-5-1-2-6-10(9)12(14)16/h2-3,6-11,14-16H,4-5,12-13,17H2,1H3;2-8H,9H2,1H3,(H,21,24);1-2,5-6H,3-4,7-8H2/t29-;17-;/m11./s1. The van der Waals surface area contributed by atoms with E-state index in [-0.39, 0.29) is 48.5 Å². The number of benzene rings is 6. The third kappa shape index (κ3) is 13.0. The minimum absolute atomic E-state index is 0.157. The second-order valence-corrected chi connectivity index (χ2v) is 23.7. The molecule has 4 aliphatic heterocycles. The van der Waals surface area contributed by atoms with Crippen LogP contribution < -0.4 is 15.1 Å². The van der Waals surface area contributed by atoms with Crippen LogP contribution in [0.2, 0.25) is 20.1 Å². The number of fused-ring (bicyclic) bond motifs is 2. The van der Waals surface area contributed by atoms with Crippen molar-refractivity contribution in [1.29, 1.82) is 0 Å². The molecule has 2 atom stereocenters. The van der Waals surface area contributed by atoms with Crippen molar-refractivity contribution in [3.05, 3.63) is 196 Å². The largest absolute Gasteiger partial charge is 0.332 e. The van der Waals surface area contributed by atoms with E-state index in [1.165, 1.54) is 40.1 Å². The van der Waals surface area contributed by atoms with Gasteiger partial charge in [-0.15, -0.1) is 0 Å². The first-order valence-electron chi connectivity index (χ1n) is 24.8. The number of halogens is 7. The number of nitrogens with one attached hydrogen (secondary N) is 1. The molecule has 0 bridgehead atoms. The predicted molar refractivity (Wildman–Crippen MR) is 317 cm³/mol. The molecule has 6 aromatic carbocycles. The number of carbonyl (C=O) groups excluding carboxylic acids is 8. The molecule has 0 aromatic heterocycles. The van der Waals surface area contributed by atoms with Gasteiger partial charge in [-0.3, -0.25) is 38.6 Å². The molecule has 4 aliphatic rings. The lowest BCUT2D eigenvalue weighted by molar-refractivity contribution is -0.124. The number of alkyl halides is 1. The van der Waals surface area contributed by atoms with Crippen LogP contribution in [0.15, 0.2) is 142 Å². The minimum atomic E-state index is -1.17. The third-order valence-corrected chi connectivity index (χ3v) is 16.1. The Kier molecular flexibility index (Phi) is 18.9. The van der Waals surface area contributed by atoms with Crippen LogP contribution in [0.3, 0.4) is 0 Å². The van der Waals surface area contributed by atoms with Crippen LogP contribution >= 0.6 is 94.2 Å². The van der Waals surface area contributed by atoms with E-state index >= 15 is 0 Å². The Bertz CT molecular complexity index is 3300. The first kappa shape index (κ1) is 59.2. The smallest absolute Gasteiger partial charge is 0.323 e. The summed E-state index contributed by atoms with van der Waals surface area (Å²) in [6.07, 6.45) is 3.45. The fraction of sp³-hybridized carbons (Fsp3) is 0.241. The molecule has 0 radical (unpaired) electrons. The van der Waals surface area contributed by atoms with E-state index in [2.05, 4.69) is 53.1 Å². The molecule has 2 fully saturated rings. The van der Waals surface area contributed by atoms with Gasteiger partial charge in [0.1, 0.15) is 11.1 Å². The molecule has 21 heteroatoms. The number of hydrogen-bond donors (Lipinski definition) is 1. The topological polar surface area (TPSA) is 165 Å². The van der Waals surface area contributed by atoms with E-state index in [0.29, 0.717) is 85.9 Å². The van der Waals surface area contributed by atoms with Gasteiger partial charge >= 0.3 is 12.1 Å². The molecule has 0 spiro atoms. The fourth-order valence-electron chi connectivity index (χ4n) is 9.69. The van der Waals surface area contributed by atoms with Crippen LogP contribution in [0.5, 0.6) is 0 Å². The summed E-state index contributed by atoms with van der Waals surface area (Å²) in [6, 6.07) is 37.2. The van der Waals surface area contributed by atoms with Gasteiger partial charge in [0.15, 0.2) is 0 Å². The Labute approximate surface area is 501 Å². The highest BCUT2D eigenvalue weighted by molar-refractivity contribution is 9.10. The molecule has 0 unspecified atom stereocenters. The number of carbonyl (C=O) groups is 8. The summed E-state index contributed by atoms with van der Waals surface area (Å²) in [6.45, 7) is 4.45. The van der Waals surface area contributed by atoms with Crippen molar-refractivity contribution in [3.63, 3.8) is 0 Å². The normalized spacial score (nSPS) is 18.5. The minimum Gasteiger partial charge on any atom is -0.323 e. The second kappa shape index (κ2) is 25.3. The summed E-state index contributed by atoms with van der Waals surface area (Å²) in [5.41, 5.74) is 2.17. The van der Waals surface area contributed by atoms with Gasteiger partial charge in [-0.2, -0.15) is 0 Å². The van der Waals surface area contributed by atoms with Gasteiger partial charge < -0.3 is 10.2 Å². The van der Waals surface area contributed by atoms with E-state index in [4.69, 9.17) is 46.4 Å². The zero-order valence-electron chi connectivity index (χ0n) is 42.4. The third-order valence-electron chi connectivity index (χ3n) is 13.6. The van der Waals surface area contributed by atoms with Crippen molar-refractivity contribution >= 4 is 153 Å². The van der Waals surface area contributed by atoms with Gasteiger partial charge in [0.2, 0.25) is 0 Å². The highest BCUT2D eigenvalue weighted by Crippen LogP contribution is 2.38. The number of hydrogen-bond acceptors (Lipinski definition) is 8. The Balaban J connectivity index is 0.000000174. The van der Waals surface area contributed by atoms with E-state index in [1.54, 1.807) is 73.3 Å². The lowest BCUT2D eigenvalue weighted by atomic mass is 9.91. The summed E-state index contributed by atoms with van der Waals surface area (Å²) in [4.78, 5) is 108. The van der Waals surface area contributed by atoms with Crippen LogP contribution in [0, 0.1) is 0 Å². The number of urea groups is 2. The van der Waals surface area contributed by atoms with E-state index in [0.717, 1.165) is 48.0 Å². The van der Waals surface area contributed by atoms with Crippen LogP contribution in [0.25, 0.3) is 0 Å². The van der Waals surface area contributed by atoms with Gasteiger partial charge in [0.25, 0.3) is 35.4 Å². The zero-order chi connectivity index (χ0) is 56.9. The van der Waals surface area contributed by atoms with Crippen LogP contribution in [-0.4, -0.2) is 98.2 Å². The van der Waals surface area contributed by atoms with Crippen molar-refractivity contribution in [1.82, 2.24) is 20.0 Å². The Hall–Kier alpha value is -5.92. The maximum Gasteiger partial charge on any atom is 0.332 e. The molecular weight excluding hydrogens is 1290 g/mol. The Morgan fingerprint density at radius 1 is 0.468 bits per heavy atom. The number of anilines is 2. The first-order chi connectivity index (χ1) is 37.6. The molecule has 14 nitrogen and oxygen atoms in total. The monoisotopic (exact) mass is 1330 g/mol. The molecule has 6 aromatic rings. The van der Waals surface area contributed by atoms with Gasteiger partial charge in [-0.1, -0.05) is 143 Å². The van der Waals surface area contributed by atoms with Crippen molar-refractivity contribution in [2.24, 2.45) is 0 Å². The maximum absolute atomic E-state index is 13.9. The number of amides is 10. The highest BCUT2D eigenvalue weighted by atomic mass is 79.9. The van der Waals surface area contributed by atoms with Crippen LogP contribution in [-0.2, 0) is 22.4 Å². The summed E-state index contributed by atoms with van der Waals surface area (Å²) < 4.78 is 1.86. The summed E-state index contributed by atoms with van der Waals surface area (Å²) in [7, 11) is 0. The first-order valence-corrected chi connectivity index (χ1v) is 29.1. The van der Waals surface area contributed by atoms with E-state index < -0.39 is 23.1 Å². The quantitative estimate of drug-likeness (QED) is 0.0459. The molecule has 4 heterocycles. The van der Waals surface area contributed by atoms with Gasteiger partial charge in [-0.05, 0) is 136 Å². The van der Waals surface area contributed by atoms with Gasteiger partial charge in [0, 0.05) is 66.8 Å². The molecular formula is C58H49Br3Cl4N6O8. The average molecular weight is 1340 g/mol. The SMILES string of the molecule is C[C@@]1(Cc2ccc(Br)cc2)C(=O)N(c2cc(Cl)cc(Cl)c2)C(=O)N1CCCCN1C(=O)c2ccccc2C1=O.C[C@]1(Cc2ccc(Br)cc2)NC(=O)N(c2cc(Cl)cc(Cl)c2)C1=O.O=C1c2ccccc2C(=O)N1CCCCBr. The lowest BCUT2D eigenvalue weighted by Crippen LogP contribution is -2.49. The molecule has 408 valence electrons. The average Bonchev–Trinajstić information content (AvgIpc) is 4.13. The Morgan fingerprint density at radius 2 is 0.848 bits per heavy atom. The number of nitrogens with zero attached hydrogens (tertiary/aromatic N) is 5. The zero-order valence-corrected chi connectivity index (χ0v) is 50.2. The van der Waals surface area contributed by atoms with Crippen molar-refractivity contribution in [3.8, 4) is 0 Å². The maximum atomic E-state index is 13.9. The predicted octanol–water partition coefficient (Wildman–Crippen LogP) is 13.9.